The van der Waals surface area contributed by atoms with Gasteiger partial charge >= 0.3 is 5.97 Å². The maximum Gasteiger partial charge on any atom is 0.333 e. The minimum atomic E-state index is -1.23. The van der Waals surface area contributed by atoms with Crippen LogP contribution in [0.15, 0.2) is 59.6 Å². The first-order valence-corrected chi connectivity index (χ1v) is 8.20. The molecule has 2 aromatic rings. The number of methoxy groups -OCH3 is 1. The molecule has 0 saturated carbocycles. The Bertz CT molecular complexity index is 786. The minimum Gasteiger partial charge on any atom is -0.497 e. The van der Waals surface area contributed by atoms with Crippen molar-refractivity contribution in [2.24, 2.45) is 4.99 Å². The van der Waals surface area contributed by atoms with Crippen molar-refractivity contribution >= 4 is 11.8 Å². The van der Waals surface area contributed by atoms with Crippen LogP contribution in [-0.4, -0.2) is 34.5 Å². The number of nitrogens with zero attached hydrogens (tertiary/aromatic N) is 2. The normalized spacial score (nSPS) is 22.6. The van der Waals surface area contributed by atoms with Crippen molar-refractivity contribution in [3.8, 4) is 5.75 Å². The first kappa shape index (κ1) is 17.0. The van der Waals surface area contributed by atoms with E-state index in [0.29, 0.717) is 6.54 Å². The van der Waals surface area contributed by atoms with Gasteiger partial charge in [0.05, 0.1) is 19.0 Å². The molecule has 5 nitrogen and oxygen atoms in total. The van der Waals surface area contributed by atoms with Crippen LogP contribution in [0.2, 0.25) is 0 Å². The summed E-state index contributed by atoms with van der Waals surface area (Å²) in [6.07, 6.45) is 0. The van der Waals surface area contributed by atoms with Crippen LogP contribution >= 0.6 is 0 Å². The SMILES string of the molecule is COc1ccc([C@@H]2N(Cc3ccccc3)C(C)=N[C@]2(C)C(=O)O)cc1. The Morgan fingerprint density at radius 3 is 2.40 bits per heavy atom. The maximum atomic E-state index is 12.0. The second-order valence-electron chi connectivity index (χ2n) is 6.40. The molecule has 0 fully saturated rings. The largest absolute Gasteiger partial charge is 0.497 e. The van der Waals surface area contributed by atoms with Gasteiger partial charge in [-0.25, -0.2) is 4.79 Å². The predicted octanol–water partition coefficient (Wildman–Crippen LogP) is 3.51. The van der Waals surface area contributed by atoms with E-state index >= 15 is 0 Å². The van der Waals surface area contributed by atoms with Crippen LogP contribution in [0.4, 0.5) is 0 Å². The number of hydrogen-bond acceptors (Lipinski definition) is 4. The molecule has 1 aliphatic heterocycles. The molecule has 5 heteroatoms. The monoisotopic (exact) mass is 338 g/mol. The highest BCUT2D eigenvalue weighted by Crippen LogP contribution is 2.41. The summed E-state index contributed by atoms with van der Waals surface area (Å²) in [5, 5.41) is 9.85. The standard InChI is InChI=1S/C20H22N2O3/c1-14-21-20(2,19(23)24)18(16-9-11-17(25-3)12-10-16)22(14)13-15-7-5-4-6-8-15/h4-12,18H,13H2,1-3H3,(H,23,24)/t18-,20-/m0/s1. The van der Waals surface area contributed by atoms with E-state index in [1.165, 1.54) is 0 Å². The molecule has 0 radical (unpaired) electrons. The summed E-state index contributed by atoms with van der Waals surface area (Å²) >= 11 is 0. The molecule has 1 heterocycles. The van der Waals surface area contributed by atoms with E-state index in [1.807, 2.05) is 61.5 Å². The lowest BCUT2D eigenvalue weighted by atomic mass is 9.87. The van der Waals surface area contributed by atoms with E-state index in [9.17, 15) is 9.90 Å². The number of carboxylic acids is 1. The predicted molar refractivity (Wildman–Crippen MR) is 96.9 cm³/mol. The minimum absolute atomic E-state index is 0.379. The third-order valence-corrected chi connectivity index (χ3v) is 4.71. The third-order valence-electron chi connectivity index (χ3n) is 4.71. The number of aliphatic imine (C=N–C) groups is 1. The van der Waals surface area contributed by atoms with Crippen molar-refractivity contribution in [2.45, 2.75) is 32.0 Å². The van der Waals surface area contributed by atoms with Crippen LogP contribution in [0.25, 0.3) is 0 Å². The topological polar surface area (TPSA) is 62.1 Å². The molecule has 130 valence electrons. The second-order valence-corrected chi connectivity index (χ2v) is 6.40. The molecular formula is C20H22N2O3. The van der Waals surface area contributed by atoms with Gasteiger partial charge in [0.2, 0.25) is 0 Å². The number of rotatable bonds is 5. The van der Waals surface area contributed by atoms with E-state index < -0.39 is 11.5 Å². The quantitative estimate of drug-likeness (QED) is 0.906. The smallest absolute Gasteiger partial charge is 0.333 e. The highest BCUT2D eigenvalue weighted by atomic mass is 16.5. The van der Waals surface area contributed by atoms with Gasteiger partial charge in [0.15, 0.2) is 5.54 Å². The number of carboxylic acid groups (broad SMARTS) is 1. The van der Waals surface area contributed by atoms with Gasteiger partial charge < -0.3 is 14.7 Å². The molecule has 0 saturated heterocycles. The Morgan fingerprint density at radius 1 is 1.20 bits per heavy atom. The zero-order valence-corrected chi connectivity index (χ0v) is 14.6. The van der Waals surface area contributed by atoms with Gasteiger partial charge in [0.25, 0.3) is 0 Å². The Hall–Kier alpha value is -2.82. The van der Waals surface area contributed by atoms with Gasteiger partial charge in [-0.1, -0.05) is 42.5 Å². The van der Waals surface area contributed by atoms with Crippen LogP contribution < -0.4 is 4.74 Å². The lowest BCUT2D eigenvalue weighted by Crippen LogP contribution is -2.43. The van der Waals surface area contributed by atoms with Crippen molar-refractivity contribution < 1.29 is 14.6 Å². The molecule has 1 aliphatic rings. The van der Waals surface area contributed by atoms with Gasteiger partial charge in [-0.05, 0) is 37.1 Å². The van der Waals surface area contributed by atoms with Crippen LogP contribution in [0, 0.1) is 0 Å². The average Bonchev–Trinajstić information content (AvgIpc) is 2.87. The summed E-state index contributed by atoms with van der Waals surface area (Å²) in [6.45, 7) is 4.15. The highest BCUT2D eigenvalue weighted by molar-refractivity contribution is 5.91. The van der Waals surface area contributed by atoms with Crippen LogP contribution in [0.5, 0.6) is 5.75 Å². The van der Waals surface area contributed by atoms with E-state index in [0.717, 1.165) is 22.7 Å². The van der Waals surface area contributed by atoms with Gasteiger partial charge in [-0.2, -0.15) is 0 Å². The summed E-state index contributed by atoms with van der Waals surface area (Å²) < 4.78 is 5.22. The number of amidine groups is 1. The molecule has 0 aliphatic carbocycles. The highest BCUT2D eigenvalue weighted by Gasteiger charge is 2.50. The van der Waals surface area contributed by atoms with Crippen LogP contribution in [0.3, 0.4) is 0 Å². The summed E-state index contributed by atoms with van der Waals surface area (Å²) in [5.74, 6) is 0.545. The fourth-order valence-corrected chi connectivity index (χ4v) is 3.39. The lowest BCUT2D eigenvalue weighted by Gasteiger charge is -2.33. The van der Waals surface area contributed by atoms with Crippen LogP contribution in [0.1, 0.15) is 31.0 Å². The first-order chi connectivity index (χ1) is 12.0. The van der Waals surface area contributed by atoms with Gasteiger partial charge in [0, 0.05) is 6.54 Å². The maximum absolute atomic E-state index is 12.0. The lowest BCUT2D eigenvalue weighted by molar-refractivity contribution is -0.144. The molecular weight excluding hydrogens is 316 g/mol. The number of benzene rings is 2. The van der Waals surface area contributed by atoms with E-state index in [-0.39, 0.29) is 6.04 Å². The van der Waals surface area contributed by atoms with E-state index in [2.05, 4.69) is 9.89 Å². The average molecular weight is 338 g/mol. The molecule has 0 bridgehead atoms. The van der Waals surface area contributed by atoms with Crippen molar-refractivity contribution in [2.75, 3.05) is 7.11 Å². The number of aliphatic carboxylic acids is 1. The number of ether oxygens (including phenoxy) is 1. The van der Waals surface area contributed by atoms with Crippen molar-refractivity contribution in [1.29, 1.82) is 0 Å². The summed E-state index contributed by atoms with van der Waals surface area (Å²) in [6, 6.07) is 17.2. The van der Waals surface area contributed by atoms with Crippen LogP contribution in [-0.2, 0) is 11.3 Å². The van der Waals surface area contributed by atoms with E-state index in [1.54, 1.807) is 14.0 Å². The van der Waals surface area contributed by atoms with E-state index in [4.69, 9.17) is 4.74 Å². The summed E-state index contributed by atoms with van der Waals surface area (Å²) in [7, 11) is 1.61. The molecule has 0 amide bonds. The van der Waals surface area contributed by atoms with Crippen molar-refractivity contribution in [3.05, 3.63) is 65.7 Å². The zero-order valence-electron chi connectivity index (χ0n) is 14.6. The Kier molecular flexibility index (Phi) is 4.49. The molecule has 0 unspecified atom stereocenters. The molecule has 2 aromatic carbocycles. The summed E-state index contributed by atoms with van der Waals surface area (Å²) in [5.41, 5.74) is 0.792. The second kappa shape index (κ2) is 6.59. The van der Waals surface area contributed by atoms with Gasteiger partial charge in [-0.3, -0.25) is 4.99 Å². The van der Waals surface area contributed by atoms with Crippen molar-refractivity contribution in [1.82, 2.24) is 4.90 Å². The Labute approximate surface area is 147 Å². The molecule has 3 rings (SSSR count). The number of hydrogen-bond donors (Lipinski definition) is 1. The Balaban J connectivity index is 2.02. The van der Waals surface area contributed by atoms with Gasteiger partial charge in [-0.15, -0.1) is 0 Å². The summed E-state index contributed by atoms with van der Waals surface area (Å²) in [4.78, 5) is 18.6. The van der Waals surface area contributed by atoms with Gasteiger partial charge in [0.1, 0.15) is 5.75 Å². The Morgan fingerprint density at radius 2 is 1.84 bits per heavy atom. The molecule has 25 heavy (non-hydrogen) atoms. The third kappa shape index (κ3) is 3.09. The fraction of sp³-hybridized carbons (Fsp3) is 0.300. The molecule has 2 atom stereocenters. The molecule has 1 N–H and O–H groups in total. The molecule has 0 aromatic heterocycles. The first-order valence-electron chi connectivity index (χ1n) is 8.20. The molecule has 0 spiro atoms. The van der Waals surface area contributed by atoms with Crippen molar-refractivity contribution in [3.63, 3.8) is 0 Å². The fourth-order valence-electron chi connectivity index (χ4n) is 3.39. The number of carbonyl (C=O) groups is 1. The zero-order chi connectivity index (χ0) is 18.0.